The zero-order valence-electron chi connectivity index (χ0n) is 21.1. The van der Waals surface area contributed by atoms with Gasteiger partial charge in [-0.2, -0.15) is 0 Å². The normalized spacial score (nSPS) is 11.7. The lowest BCUT2D eigenvalue weighted by atomic mass is 10.2. The van der Waals surface area contributed by atoms with Crippen LogP contribution in [-0.4, -0.2) is 14.5 Å². The highest BCUT2D eigenvalue weighted by atomic mass is 31.2. The Morgan fingerprint density at radius 3 is 1.64 bits per heavy atom. The van der Waals surface area contributed by atoms with Crippen molar-refractivity contribution in [1.82, 2.24) is 14.5 Å². The lowest BCUT2D eigenvalue weighted by Crippen LogP contribution is -2.25. The summed E-state index contributed by atoms with van der Waals surface area (Å²) in [6.45, 7) is 0. The van der Waals surface area contributed by atoms with Crippen molar-refractivity contribution < 1.29 is 4.57 Å². The maximum absolute atomic E-state index is 14.7. The third-order valence-corrected chi connectivity index (χ3v) is 10.2. The first-order valence-corrected chi connectivity index (χ1v) is 14.6. The van der Waals surface area contributed by atoms with Gasteiger partial charge in [0.1, 0.15) is 0 Å². The average Bonchev–Trinajstić information content (AvgIpc) is 3.36. The molecule has 0 aliphatic carbocycles. The van der Waals surface area contributed by atoms with Crippen molar-refractivity contribution in [3.8, 4) is 17.1 Å². The lowest BCUT2D eigenvalue weighted by Gasteiger charge is -2.19. The molecule has 0 bridgehead atoms. The summed E-state index contributed by atoms with van der Waals surface area (Å²) < 4.78 is 16.9. The van der Waals surface area contributed by atoms with Gasteiger partial charge in [-0.25, -0.2) is 0 Å². The maximum Gasteiger partial charge on any atom is 0.172 e. The molecule has 7 rings (SSSR count). The van der Waals surface area contributed by atoms with Gasteiger partial charge in [-0.05, 0) is 36.4 Å². The average molecular weight is 522 g/mol. The maximum atomic E-state index is 14.7. The minimum atomic E-state index is -3.08. The number of rotatable bonds is 5. The van der Waals surface area contributed by atoms with E-state index in [2.05, 4.69) is 64.1 Å². The fraction of sp³-hybridized carbons (Fsp3) is 0. The van der Waals surface area contributed by atoms with Gasteiger partial charge in [-0.3, -0.25) is 9.97 Å². The van der Waals surface area contributed by atoms with Crippen LogP contribution in [-0.2, 0) is 4.57 Å². The minimum absolute atomic E-state index is 0.696. The number of hydrogen-bond acceptors (Lipinski definition) is 3. The van der Waals surface area contributed by atoms with Gasteiger partial charge in [0.05, 0.1) is 22.4 Å². The molecule has 0 N–H and O–H groups in total. The predicted molar refractivity (Wildman–Crippen MR) is 161 cm³/mol. The smallest absolute Gasteiger partial charge is 0.172 e. The second kappa shape index (κ2) is 9.50. The first-order valence-electron chi connectivity index (χ1n) is 12.9. The van der Waals surface area contributed by atoms with E-state index >= 15 is 0 Å². The van der Waals surface area contributed by atoms with Crippen molar-refractivity contribution in [1.29, 1.82) is 0 Å². The van der Waals surface area contributed by atoms with Crippen LogP contribution in [0.15, 0.2) is 146 Å². The molecule has 0 aliphatic rings. The van der Waals surface area contributed by atoms with E-state index in [1.165, 1.54) is 10.8 Å². The third kappa shape index (κ3) is 3.89. The molecule has 0 spiro atoms. The number of fused-ring (bicyclic) bond motifs is 3. The number of aromatic nitrogens is 3. The Morgan fingerprint density at radius 2 is 1.08 bits per heavy atom. The largest absolute Gasteiger partial charge is 0.309 e. The predicted octanol–water partition coefficient (Wildman–Crippen LogP) is 6.88. The number of pyridine rings is 2. The van der Waals surface area contributed by atoms with Gasteiger partial charge in [0.15, 0.2) is 7.14 Å². The second-order valence-corrected chi connectivity index (χ2v) is 12.2. The summed E-state index contributed by atoms with van der Waals surface area (Å²) in [6.07, 6.45) is 3.56. The van der Waals surface area contributed by atoms with E-state index in [4.69, 9.17) is 4.98 Å². The molecule has 0 radical (unpaired) electrons. The Bertz CT molecular complexity index is 1880. The number of para-hydroxylation sites is 2. The highest BCUT2D eigenvalue weighted by molar-refractivity contribution is 7.85. The first-order chi connectivity index (χ1) is 19.2. The van der Waals surface area contributed by atoms with Gasteiger partial charge in [-0.1, -0.05) is 97.1 Å². The molecule has 0 fully saturated rings. The van der Waals surface area contributed by atoms with Crippen LogP contribution in [0.3, 0.4) is 0 Å². The van der Waals surface area contributed by atoms with Crippen molar-refractivity contribution in [3.05, 3.63) is 146 Å². The number of benzene rings is 4. The molecule has 4 nitrogen and oxygen atoms in total. The molecular formula is C34H24N3OP. The fourth-order valence-electron chi connectivity index (χ4n) is 5.35. The molecular weight excluding hydrogens is 497 g/mol. The van der Waals surface area contributed by atoms with Crippen LogP contribution >= 0.6 is 7.14 Å². The summed E-state index contributed by atoms with van der Waals surface area (Å²) in [7, 11) is -3.08. The second-order valence-electron chi connectivity index (χ2n) is 9.45. The Labute approximate surface area is 226 Å². The van der Waals surface area contributed by atoms with Gasteiger partial charge in [-0.15, -0.1) is 0 Å². The Hall–Kier alpha value is -4.79. The van der Waals surface area contributed by atoms with Crippen LogP contribution < -0.4 is 15.9 Å². The van der Waals surface area contributed by atoms with Gasteiger partial charge >= 0.3 is 0 Å². The van der Waals surface area contributed by atoms with Crippen LogP contribution in [0.1, 0.15) is 0 Å². The molecule has 0 saturated heterocycles. The Morgan fingerprint density at radius 1 is 0.513 bits per heavy atom. The molecule has 3 aromatic heterocycles. The minimum Gasteiger partial charge on any atom is -0.309 e. The zero-order chi connectivity index (χ0) is 26.2. The summed E-state index contributed by atoms with van der Waals surface area (Å²) in [5, 5.41) is 4.70. The summed E-state index contributed by atoms with van der Waals surface area (Å²) in [5.41, 5.74) is 4.79. The highest BCUT2D eigenvalue weighted by Gasteiger charge is 2.30. The third-order valence-electron chi connectivity index (χ3n) is 7.20. The van der Waals surface area contributed by atoms with E-state index in [1.807, 2.05) is 85.1 Å². The van der Waals surface area contributed by atoms with Crippen LogP contribution in [0, 0.1) is 0 Å². The summed E-state index contributed by atoms with van der Waals surface area (Å²) >= 11 is 0. The molecule has 0 aliphatic heterocycles. The standard InChI is InChI=1S/C34H24N3OP/c38-39(26-11-3-1-4-12-26,27-13-5-2-6-14-27)28-19-20-31(36-24-28)32-23-25(21-22-35-32)37-33-17-9-7-15-29(33)30-16-8-10-18-34(30)37/h1-24H. The molecule has 39 heavy (non-hydrogen) atoms. The van der Waals surface area contributed by atoms with Crippen LogP contribution in [0.2, 0.25) is 0 Å². The molecule has 0 atom stereocenters. The summed E-state index contributed by atoms with van der Waals surface area (Å²) in [6, 6.07) is 44.1. The SMILES string of the molecule is O=P(c1ccccc1)(c1ccccc1)c1ccc(-c2cc(-n3c4ccccc4c4ccccc43)ccn2)nc1. The molecule has 4 aromatic carbocycles. The van der Waals surface area contributed by atoms with Crippen molar-refractivity contribution in [3.63, 3.8) is 0 Å². The van der Waals surface area contributed by atoms with E-state index in [1.54, 1.807) is 6.20 Å². The van der Waals surface area contributed by atoms with E-state index < -0.39 is 7.14 Å². The number of hydrogen-bond donors (Lipinski definition) is 0. The van der Waals surface area contributed by atoms with E-state index in [0.717, 1.165) is 38.7 Å². The highest BCUT2D eigenvalue weighted by Crippen LogP contribution is 2.42. The van der Waals surface area contributed by atoms with Crippen molar-refractivity contribution in [2.75, 3.05) is 0 Å². The quantitative estimate of drug-likeness (QED) is 0.232. The van der Waals surface area contributed by atoms with Gasteiger partial charge in [0, 0.05) is 44.8 Å². The van der Waals surface area contributed by atoms with Crippen LogP contribution in [0.4, 0.5) is 0 Å². The molecule has 7 aromatic rings. The first kappa shape index (κ1) is 23.3. The molecule has 3 heterocycles. The summed E-state index contributed by atoms with van der Waals surface area (Å²) in [5.74, 6) is 0. The zero-order valence-corrected chi connectivity index (χ0v) is 21.9. The lowest BCUT2D eigenvalue weighted by molar-refractivity contribution is 0.592. The van der Waals surface area contributed by atoms with Crippen LogP contribution in [0.5, 0.6) is 0 Å². The van der Waals surface area contributed by atoms with Crippen molar-refractivity contribution >= 4 is 44.9 Å². The van der Waals surface area contributed by atoms with E-state index in [-0.39, 0.29) is 0 Å². The van der Waals surface area contributed by atoms with Gasteiger partial charge in [0.2, 0.25) is 0 Å². The van der Waals surface area contributed by atoms with E-state index in [9.17, 15) is 4.57 Å². The van der Waals surface area contributed by atoms with Gasteiger partial charge < -0.3 is 9.13 Å². The Kier molecular flexibility index (Phi) is 5.69. The molecule has 0 unspecified atom stereocenters. The van der Waals surface area contributed by atoms with E-state index in [0.29, 0.717) is 5.30 Å². The Balaban J connectivity index is 1.33. The summed E-state index contributed by atoms with van der Waals surface area (Å²) in [4.78, 5) is 9.41. The molecule has 0 saturated carbocycles. The van der Waals surface area contributed by atoms with Crippen molar-refractivity contribution in [2.24, 2.45) is 0 Å². The van der Waals surface area contributed by atoms with Crippen molar-refractivity contribution in [2.45, 2.75) is 0 Å². The molecule has 186 valence electrons. The van der Waals surface area contributed by atoms with Gasteiger partial charge in [0.25, 0.3) is 0 Å². The fourth-order valence-corrected chi connectivity index (χ4v) is 7.93. The monoisotopic (exact) mass is 521 g/mol. The molecule has 5 heteroatoms. The topological polar surface area (TPSA) is 47.8 Å². The molecule has 0 amide bonds. The number of nitrogens with zero attached hydrogens (tertiary/aromatic N) is 3. The van der Waals surface area contributed by atoms with Crippen LogP contribution in [0.25, 0.3) is 38.9 Å².